The molecule has 0 radical (unpaired) electrons. The van der Waals surface area contributed by atoms with Gasteiger partial charge in [-0.1, -0.05) is 11.8 Å². The second-order valence-corrected chi connectivity index (χ2v) is 7.32. The Kier molecular flexibility index (Phi) is 3.89. The van der Waals surface area contributed by atoms with Crippen LogP contribution in [0.5, 0.6) is 0 Å². The van der Waals surface area contributed by atoms with Crippen molar-refractivity contribution in [3.05, 3.63) is 0 Å². The van der Waals surface area contributed by atoms with Gasteiger partial charge < -0.3 is 28.4 Å². The first kappa shape index (κ1) is 16.4. The van der Waals surface area contributed by atoms with Gasteiger partial charge in [-0.3, -0.25) is 0 Å². The van der Waals surface area contributed by atoms with Crippen molar-refractivity contribution in [1.29, 1.82) is 0 Å². The van der Waals surface area contributed by atoms with Gasteiger partial charge in [-0.15, -0.1) is 0 Å². The van der Waals surface area contributed by atoms with Crippen LogP contribution in [0.2, 0.25) is 0 Å². The van der Waals surface area contributed by atoms with Crippen molar-refractivity contribution in [3.8, 4) is 23.7 Å². The summed E-state index contributed by atoms with van der Waals surface area (Å²) in [5.74, 6) is 10.6. The lowest BCUT2D eigenvalue weighted by molar-refractivity contribution is -0.170. The minimum Gasteiger partial charge on any atom is -0.360 e. The average Bonchev–Trinajstić information content (AvgIpc) is 3.15. The van der Waals surface area contributed by atoms with E-state index >= 15 is 0 Å². The zero-order valence-corrected chi connectivity index (χ0v) is 14.3. The molecule has 0 aromatic rings. The van der Waals surface area contributed by atoms with Crippen LogP contribution in [0, 0.1) is 23.7 Å². The quantitative estimate of drug-likeness (QED) is 0.612. The Morgan fingerprint density at radius 2 is 1.08 bits per heavy atom. The Labute approximate surface area is 142 Å². The maximum Gasteiger partial charge on any atom is 0.164 e. The molecule has 24 heavy (non-hydrogen) atoms. The predicted molar refractivity (Wildman–Crippen MR) is 82.7 cm³/mol. The molecule has 6 atom stereocenters. The number of hydrogen-bond donors (Lipinski definition) is 0. The molecule has 6 nitrogen and oxygen atoms in total. The fourth-order valence-corrected chi connectivity index (χ4v) is 3.55. The molecule has 0 aromatic carbocycles. The number of hydrogen-bond acceptors (Lipinski definition) is 6. The molecular weight excluding hydrogens is 312 g/mol. The van der Waals surface area contributed by atoms with E-state index in [0.29, 0.717) is 13.2 Å². The summed E-state index contributed by atoms with van der Waals surface area (Å²) >= 11 is 0. The van der Waals surface area contributed by atoms with E-state index in [2.05, 4.69) is 23.7 Å². The lowest BCUT2D eigenvalue weighted by Gasteiger charge is -2.19. The SMILES string of the molecule is CC1(C)O[C@H]2[C@@H](C#CC#C[C@H]3OC[C@H]4OC(C)(C)O[C@@H]34)OC[C@H]2O1. The molecule has 0 aliphatic carbocycles. The fourth-order valence-electron chi connectivity index (χ4n) is 3.55. The molecule has 4 rings (SSSR count). The van der Waals surface area contributed by atoms with Crippen molar-refractivity contribution in [1.82, 2.24) is 0 Å². The van der Waals surface area contributed by atoms with Crippen LogP contribution in [-0.2, 0) is 28.4 Å². The largest absolute Gasteiger partial charge is 0.360 e. The Morgan fingerprint density at radius 3 is 1.50 bits per heavy atom. The van der Waals surface area contributed by atoms with Gasteiger partial charge in [-0.2, -0.15) is 0 Å². The normalized spacial score (nSPS) is 44.2. The maximum atomic E-state index is 5.84. The fraction of sp³-hybridized carbons (Fsp3) is 0.778. The first-order valence-electron chi connectivity index (χ1n) is 8.29. The van der Waals surface area contributed by atoms with Gasteiger partial charge in [0.25, 0.3) is 0 Å². The van der Waals surface area contributed by atoms with E-state index < -0.39 is 11.6 Å². The summed E-state index contributed by atoms with van der Waals surface area (Å²) < 4.78 is 34.4. The molecule has 0 unspecified atom stereocenters. The van der Waals surface area contributed by atoms with Gasteiger partial charge >= 0.3 is 0 Å². The molecule has 0 aromatic heterocycles. The van der Waals surface area contributed by atoms with Crippen LogP contribution in [0.4, 0.5) is 0 Å². The number of rotatable bonds is 0. The molecule has 0 spiro atoms. The number of ether oxygens (including phenoxy) is 6. The van der Waals surface area contributed by atoms with Crippen molar-refractivity contribution < 1.29 is 28.4 Å². The van der Waals surface area contributed by atoms with E-state index in [9.17, 15) is 0 Å². The molecule has 0 bridgehead atoms. The molecule has 0 N–H and O–H groups in total. The molecular formula is C18H22O6. The molecule has 0 amide bonds. The lowest BCUT2D eigenvalue weighted by Crippen LogP contribution is -2.28. The monoisotopic (exact) mass is 334 g/mol. The van der Waals surface area contributed by atoms with Crippen molar-refractivity contribution >= 4 is 0 Å². The van der Waals surface area contributed by atoms with Crippen LogP contribution >= 0.6 is 0 Å². The Morgan fingerprint density at radius 1 is 0.667 bits per heavy atom. The summed E-state index contributed by atoms with van der Waals surface area (Å²) in [4.78, 5) is 0. The van der Waals surface area contributed by atoms with Gasteiger partial charge in [0.2, 0.25) is 0 Å². The van der Waals surface area contributed by atoms with E-state index in [1.54, 1.807) is 0 Å². The Balaban J connectivity index is 1.37. The van der Waals surface area contributed by atoms with Gasteiger partial charge in [-0.25, -0.2) is 0 Å². The average molecular weight is 334 g/mol. The minimum atomic E-state index is -0.579. The highest BCUT2D eigenvalue weighted by Gasteiger charge is 2.50. The third kappa shape index (κ3) is 3.07. The zero-order chi connectivity index (χ0) is 16.9. The van der Waals surface area contributed by atoms with E-state index in [4.69, 9.17) is 28.4 Å². The highest BCUT2D eigenvalue weighted by atomic mass is 16.8. The lowest BCUT2D eigenvalue weighted by atomic mass is 10.1. The molecule has 4 aliphatic rings. The van der Waals surface area contributed by atoms with Crippen LogP contribution in [0.25, 0.3) is 0 Å². The second kappa shape index (κ2) is 5.71. The zero-order valence-electron chi connectivity index (χ0n) is 14.3. The summed E-state index contributed by atoms with van der Waals surface area (Å²) in [6, 6.07) is 0. The Hall–Kier alpha value is -1.12. The first-order chi connectivity index (χ1) is 11.3. The van der Waals surface area contributed by atoms with Crippen LogP contribution in [0.3, 0.4) is 0 Å². The van der Waals surface area contributed by atoms with Crippen molar-refractivity contribution in [2.24, 2.45) is 0 Å². The number of fused-ring (bicyclic) bond motifs is 2. The molecule has 4 aliphatic heterocycles. The smallest absolute Gasteiger partial charge is 0.164 e. The molecule has 4 saturated heterocycles. The van der Waals surface area contributed by atoms with Gasteiger partial charge in [0.05, 0.1) is 13.2 Å². The van der Waals surface area contributed by atoms with Gasteiger partial charge in [0.15, 0.2) is 11.6 Å². The second-order valence-electron chi connectivity index (χ2n) is 7.32. The molecule has 4 fully saturated rings. The standard InChI is InChI=1S/C18H22O6/c1-17(2)21-13-9-19-11(15(13)23-17)7-5-6-8-12-16-14(10-20-12)22-18(3,4)24-16/h11-16H,9-10H2,1-4H3/t11-,12-,13-,14-,15+,16+/m1/s1. The van der Waals surface area contributed by atoms with Crippen LogP contribution in [-0.4, -0.2) is 61.4 Å². The Bertz CT molecular complexity index is 577. The molecule has 0 saturated carbocycles. The van der Waals surface area contributed by atoms with Crippen LogP contribution < -0.4 is 0 Å². The van der Waals surface area contributed by atoms with Crippen molar-refractivity contribution in [2.75, 3.05) is 13.2 Å². The summed E-state index contributed by atoms with van der Waals surface area (Å²) in [5.41, 5.74) is 0. The van der Waals surface area contributed by atoms with Gasteiger partial charge in [0, 0.05) is 0 Å². The summed E-state index contributed by atoms with van der Waals surface area (Å²) in [6.45, 7) is 8.58. The first-order valence-corrected chi connectivity index (χ1v) is 8.29. The summed E-state index contributed by atoms with van der Waals surface area (Å²) in [6.07, 6.45) is -1.06. The van der Waals surface area contributed by atoms with Crippen LogP contribution in [0.1, 0.15) is 27.7 Å². The molecule has 130 valence electrons. The van der Waals surface area contributed by atoms with Crippen molar-refractivity contribution in [2.45, 2.75) is 75.9 Å². The van der Waals surface area contributed by atoms with E-state index in [0.717, 1.165) is 0 Å². The predicted octanol–water partition coefficient (Wildman–Crippen LogP) is 0.831. The summed E-state index contributed by atoms with van der Waals surface area (Å²) in [7, 11) is 0. The minimum absolute atomic E-state index is 0.0579. The third-order valence-corrected chi connectivity index (χ3v) is 4.41. The van der Waals surface area contributed by atoms with E-state index in [1.165, 1.54) is 0 Å². The van der Waals surface area contributed by atoms with E-state index in [1.807, 2.05) is 27.7 Å². The van der Waals surface area contributed by atoms with E-state index in [-0.39, 0.29) is 36.6 Å². The topological polar surface area (TPSA) is 55.4 Å². The van der Waals surface area contributed by atoms with Gasteiger partial charge in [-0.05, 0) is 39.5 Å². The molecule has 4 heterocycles. The maximum absolute atomic E-state index is 5.84. The molecule has 6 heteroatoms. The summed E-state index contributed by atoms with van der Waals surface area (Å²) in [5, 5.41) is 0. The third-order valence-electron chi connectivity index (χ3n) is 4.41. The van der Waals surface area contributed by atoms with Gasteiger partial charge in [0.1, 0.15) is 36.6 Å². The highest BCUT2D eigenvalue weighted by Crippen LogP contribution is 2.35. The van der Waals surface area contributed by atoms with Crippen molar-refractivity contribution in [3.63, 3.8) is 0 Å². The van der Waals surface area contributed by atoms with Crippen LogP contribution in [0.15, 0.2) is 0 Å². The highest BCUT2D eigenvalue weighted by molar-refractivity contribution is 5.31.